The Bertz CT molecular complexity index is 677. The first-order valence-electron chi connectivity index (χ1n) is 6.80. The molecule has 0 atom stereocenters. The zero-order chi connectivity index (χ0) is 15.2. The van der Waals surface area contributed by atoms with E-state index in [1.165, 1.54) is 10.7 Å². The molecule has 0 unspecified atom stereocenters. The van der Waals surface area contributed by atoms with Gasteiger partial charge in [0.1, 0.15) is 0 Å². The number of benzene rings is 1. The second-order valence-corrected chi connectivity index (χ2v) is 4.73. The predicted octanol–water partition coefficient (Wildman–Crippen LogP) is 1.21. The third-order valence-electron chi connectivity index (χ3n) is 3.02. The van der Waals surface area contributed by atoms with E-state index in [0.717, 1.165) is 24.2 Å². The highest BCUT2D eigenvalue weighted by Crippen LogP contribution is 2.05. The topological polar surface area (TPSA) is 90.0 Å². The molecule has 1 aromatic carbocycles. The molecule has 1 aromatic heterocycles. The Morgan fingerprint density at radius 2 is 2.05 bits per heavy atom. The number of nitrogens with two attached hydrogens (primary N) is 1. The Balaban J connectivity index is 2.12. The van der Waals surface area contributed by atoms with Crippen LogP contribution in [0.3, 0.4) is 0 Å². The number of aromatic nitrogens is 2. The Labute approximate surface area is 122 Å². The molecule has 0 aliphatic carbocycles. The first-order valence-corrected chi connectivity index (χ1v) is 6.80. The molecule has 6 nitrogen and oxygen atoms in total. The van der Waals surface area contributed by atoms with E-state index in [1.807, 2.05) is 0 Å². The van der Waals surface area contributed by atoms with Gasteiger partial charge in [-0.15, -0.1) is 0 Å². The van der Waals surface area contributed by atoms with Gasteiger partial charge in [0.2, 0.25) is 5.91 Å². The Kier molecular flexibility index (Phi) is 4.71. The summed E-state index contributed by atoms with van der Waals surface area (Å²) in [5.41, 5.74) is 7.06. The molecule has 0 saturated carbocycles. The number of rotatable bonds is 6. The summed E-state index contributed by atoms with van der Waals surface area (Å²) in [4.78, 5) is 23.0. The average Bonchev–Trinajstić information content (AvgIpc) is 2.48. The van der Waals surface area contributed by atoms with Gasteiger partial charge in [-0.25, -0.2) is 4.68 Å². The third-order valence-corrected chi connectivity index (χ3v) is 3.02. The fraction of sp³-hybridized carbons (Fsp3) is 0.267. The zero-order valence-corrected chi connectivity index (χ0v) is 11.9. The predicted molar refractivity (Wildman–Crippen MR) is 81.3 cm³/mol. The molecule has 2 aromatic rings. The van der Waals surface area contributed by atoms with Crippen LogP contribution in [-0.2, 0) is 6.54 Å². The van der Waals surface area contributed by atoms with E-state index in [0.29, 0.717) is 12.1 Å². The molecule has 0 bridgehead atoms. The van der Waals surface area contributed by atoms with Gasteiger partial charge in [-0.05, 0) is 24.1 Å². The van der Waals surface area contributed by atoms with Crippen LogP contribution in [-0.4, -0.2) is 22.2 Å². The van der Waals surface area contributed by atoms with E-state index in [1.54, 1.807) is 30.5 Å². The quantitative estimate of drug-likeness (QED) is 0.835. The van der Waals surface area contributed by atoms with E-state index >= 15 is 0 Å². The fourth-order valence-corrected chi connectivity index (χ4v) is 1.87. The lowest BCUT2D eigenvalue weighted by Crippen LogP contribution is -2.23. The summed E-state index contributed by atoms with van der Waals surface area (Å²) in [5.74, 6) is -0.469. The van der Waals surface area contributed by atoms with Gasteiger partial charge in [0.15, 0.2) is 0 Å². The maximum absolute atomic E-state index is 12.0. The number of nitrogens with one attached hydrogen (secondary N) is 1. The van der Waals surface area contributed by atoms with Crippen LogP contribution in [0.5, 0.6) is 0 Å². The molecule has 0 spiro atoms. The smallest absolute Gasteiger partial charge is 0.269 e. The van der Waals surface area contributed by atoms with Crippen molar-refractivity contribution < 1.29 is 4.79 Å². The van der Waals surface area contributed by atoms with E-state index in [-0.39, 0.29) is 5.56 Å². The first kappa shape index (κ1) is 14.8. The second-order valence-electron chi connectivity index (χ2n) is 4.73. The monoisotopic (exact) mass is 286 g/mol. The van der Waals surface area contributed by atoms with Crippen LogP contribution in [0.25, 0.3) is 0 Å². The van der Waals surface area contributed by atoms with Crippen LogP contribution in [0, 0.1) is 0 Å². The van der Waals surface area contributed by atoms with Crippen LogP contribution < -0.4 is 16.6 Å². The van der Waals surface area contributed by atoms with Gasteiger partial charge in [0, 0.05) is 18.2 Å². The largest absolute Gasteiger partial charge is 0.384 e. The van der Waals surface area contributed by atoms with Crippen molar-refractivity contribution in [1.29, 1.82) is 0 Å². The number of amides is 1. The van der Waals surface area contributed by atoms with Crippen molar-refractivity contribution in [2.75, 3.05) is 11.9 Å². The molecule has 1 heterocycles. The van der Waals surface area contributed by atoms with Crippen molar-refractivity contribution in [2.24, 2.45) is 5.73 Å². The maximum atomic E-state index is 12.0. The van der Waals surface area contributed by atoms with E-state index < -0.39 is 5.91 Å². The third kappa shape index (κ3) is 3.92. The van der Waals surface area contributed by atoms with Gasteiger partial charge in [-0.1, -0.05) is 19.1 Å². The minimum absolute atomic E-state index is 0.171. The summed E-state index contributed by atoms with van der Waals surface area (Å²) >= 11 is 0. The summed E-state index contributed by atoms with van der Waals surface area (Å²) in [5, 5.41) is 7.25. The van der Waals surface area contributed by atoms with Gasteiger partial charge >= 0.3 is 0 Å². The Morgan fingerprint density at radius 1 is 1.33 bits per heavy atom. The summed E-state index contributed by atoms with van der Waals surface area (Å²) in [6, 6.07) is 8.33. The molecule has 110 valence electrons. The summed E-state index contributed by atoms with van der Waals surface area (Å²) in [6.45, 7) is 3.21. The lowest BCUT2D eigenvalue weighted by molar-refractivity contribution is 0.100. The zero-order valence-electron chi connectivity index (χ0n) is 11.9. The van der Waals surface area contributed by atoms with E-state index in [4.69, 9.17) is 5.73 Å². The molecular formula is C15H18N4O2. The number of hydrogen-bond acceptors (Lipinski definition) is 4. The second kappa shape index (κ2) is 6.69. The molecule has 0 radical (unpaired) electrons. The molecule has 0 aliphatic rings. The van der Waals surface area contributed by atoms with E-state index in [9.17, 15) is 9.59 Å². The molecule has 3 N–H and O–H groups in total. The van der Waals surface area contributed by atoms with E-state index in [2.05, 4.69) is 17.3 Å². The summed E-state index contributed by atoms with van der Waals surface area (Å²) in [6.07, 6.45) is 2.62. The van der Waals surface area contributed by atoms with Crippen LogP contribution in [0.2, 0.25) is 0 Å². The number of primary amides is 1. The summed E-state index contributed by atoms with van der Waals surface area (Å²) in [7, 11) is 0. The fourth-order valence-electron chi connectivity index (χ4n) is 1.87. The van der Waals surface area contributed by atoms with Crippen LogP contribution in [0.4, 0.5) is 5.69 Å². The van der Waals surface area contributed by atoms with Gasteiger partial charge < -0.3 is 11.1 Å². The standard InChI is InChI=1S/C15H18N4O2/c1-2-7-17-13-8-14(20)19(18-9-13)10-11-3-5-12(6-4-11)15(16)21/h3-6,8-9,17H,2,7,10H2,1H3,(H2,16,21). The maximum Gasteiger partial charge on any atom is 0.269 e. The molecule has 1 amide bonds. The summed E-state index contributed by atoms with van der Waals surface area (Å²) < 4.78 is 1.37. The van der Waals surface area contributed by atoms with Crippen molar-refractivity contribution in [3.05, 3.63) is 58.0 Å². The molecule has 0 fully saturated rings. The average molecular weight is 286 g/mol. The lowest BCUT2D eigenvalue weighted by Gasteiger charge is -2.07. The van der Waals surface area contributed by atoms with Gasteiger partial charge in [0.25, 0.3) is 5.56 Å². The first-order chi connectivity index (χ1) is 10.1. The van der Waals surface area contributed by atoms with Crippen molar-refractivity contribution in [3.63, 3.8) is 0 Å². The minimum atomic E-state index is -0.469. The highest BCUT2D eigenvalue weighted by Gasteiger charge is 2.03. The normalized spacial score (nSPS) is 10.3. The van der Waals surface area contributed by atoms with Crippen molar-refractivity contribution in [3.8, 4) is 0 Å². The van der Waals surface area contributed by atoms with Gasteiger partial charge in [-0.3, -0.25) is 9.59 Å². The Morgan fingerprint density at radius 3 is 2.62 bits per heavy atom. The lowest BCUT2D eigenvalue weighted by atomic mass is 10.1. The SMILES string of the molecule is CCCNc1cnn(Cc2ccc(C(N)=O)cc2)c(=O)c1. The number of anilines is 1. The molecule has 21 heavy (non-hydrogen) atoms. The molecule has 0 aliphatic heterocycles. The number of carbonyl (C=O) groups excluding carboxylic acids is 1. The number of carbonyl (C=O) groups is 1. The van der Waals surface area contributed by atoms with Crippen LogP contribution in [0.1, 0.15) is 29.3 Å². The van der Waals surface area contributed by atoms with Crippen LogP contribution in [0.15, 0.2) is 41.3 Å². The van der Waals surface area contributed by atoms with Crippen molar-refractivity contribution in [2.45, 2.75) is 19.9 Å². The highest BCUT2D eigenvalue weighted by molar-refractivity contribution is 5.92. The van der Waals surface area contributed by atoms with Crippen LogP contribution >= 0.6 is 0 Å². The molecule has 0 saturated heterocycles. The highest BCUT2D eigenvalue weighted by atomic mass is 16.1. The van der Waals surface area contributed by atoms with Crippen molar-refractivity contribution in [1.82, 2.24) is 9.78 Å². The molecular weight excluding hydrogens is 268 g/mol. The molecule has 2 rings (SSSR count). The number of nitrogens with zero attached hydrogens (tertiary/aromatic N) is 2. The van der Waals surface area contributed by atoms with Crippen molar-refractivity contribution >= 4 is 11.6 Å². The Hall–Kier alpha value is -2.63. The number of hydrogen-bond donors (Lipinski definition) is 2. The van der Waals surface area contributed by atoms with Gasteiger partial charge in [-0.2, -0.15) is 5.10 Å². The molecule has 6 heteroatoms. The van der Waals surface area contributed by atoms with Gasteiger partial charge in [0.05, 0.1) is 18.4 Å². The minimum Gasteiger partial charge on any atom is -0.384 e.